The van der Waals surface area contributed by atoms with Gasteiger partial charge in [-0.05, 0) is 25.7 Å². The summed E-state index contributed by atoms with van der Waals surface area (Å²) in [4.78, 5) is 12.3. The van der Waals surface area contributed by atoms with Gasteiger partial charge < -0.3 is 27.9 Å². The van der Waals surface area contributed by atoms with E-state index in [-0.39, 0.29) is 52.1 Å². The van der Waals surface area contributed by atoms with Crippen LogP contribution in [0.3, 0.4) is 0 Å². The van der Waals surface area contributed by atoms with Crippen LogP contribution in [-0.4, -0.2) is 143 Å². The normalized spacial score (nSPS) is 16.1. The molecular weight excluding hydrogens is 1140 g/mol. The number of halogens is 26. The van der Waals surface area contributed by atoms with E-state index in [1.54, 1.807) is 21.1 Å². The fraction of sp³-hybridized carbons (Fsp3) is 1.00. The van der Waals surface area contributed by atoms with Crippen molar-refractivity contribution in [2.24, 2.45) is 0 Å². The van der Waals surface area contributed by atoms with Crippen molar-refractivity contribution in [3.05, 3.63) is 0 Å². The molecule has 0 aliphatic rings. The molecule has 0 fully saturated rings. The van der Waals surface area contributed by atoms with Crippen molar-refractivity contribution in [2.75, 3.05) is 60.7 Å². The van der Waals surface area contributed by atoms with Gasteiger partial charge in [-0.3, -0.25) is 4.57 Å². The molecule has 76 heavy (non-hydrogen) atoms. The van der Waals surface area contributed by atoms with Crippen LogP contribution in [0.4, 0.5) is 114 Å². The molecule has 0 saturated carbocycles. The lowest BCUT2D eigenvalue weighted by Gasteiger charge is -2.42. The molecule has 0 aromatic heterocycles. The largest absolute Gasteiger partial charge is 0.756 e. The molecule has 7 nitrogen and oxygen atoms in total. The van der Waals surface area contributed by atoms with Crippen molar-refractivity contribution in [2.45, 2.75) is 206 Å². The number of quaternary nitrogens is 1. The summed E-state index contributed by atoms with van der Waals surface area (Å²) in [5.74, 6) is -75.7. The van der Waals surface area contributed by atoms with Crippen LogP contribution in [0, 0.1) is 0 Å². The lowest BCUT2D eigenvalue weighted by atomic mass is 9.87. The summed E-state index contributed by atoms with van der Waals surface area (Å²) in [6.45, 7) is -0.386. The Bertz CT molecular complexity index is 1710. The van der Waals surface area contributed by atoms with E-state index in [1.807, 2.05) is 0 Å². The maximum Gasteiger partial charge on any atom is 0.460 e. The van der Waals surface area contributed by atoms with Crippen LogP contribution in [0.25, 0.3) is 0 Å². The van der Waals surface area contributed by atoms with Gasteiger partial charge in [0, 0.05) is 26.1 Å². The lowest BCUT2D eigenvalue weighted by molar-refractivity contribution is -0.870. The van der Waals surface area contributed by atoms with Crippen molar-refractivity contribution in [3.63, 3.8) is 0 Å². The number of nitrogens with zero attached hydrogens (tertiary/aromatic N) is 1. The van der Waals surface area contributed by atoms with Gasteiger partial charge in [-0.25, -0.2) is 0 Å². The molecule has 0 saturated heterocycles. The Labute approximate surface area is 421 Å². The summed E-state index contributed by atoms with van der Waals surface area (Å²) >= 11 is 0. The van der Waals surface area contributed by atoms with Crippen LogP contribution in [0.1, 0.15) is 128 Å². The molecule has 1 unspecified atom stereocenters. The third-order valence-electron chi connectivity index (χ3n) is 11.5. The summed E-state index contributed by atoms with van der Waals surface area (Å²) in [7, 11) is 0.531. The quantitative estimate of drug-likeness (QED) is 0.0262. The first-order valence-corrected chi connectivity index (χ1v) is 25.0. The number of likely N-dealkylation sites (N-methyl/N-ethyl adjacent to an activating group) is 1. The second kappa shape index (κ2) is 28.7. The Hall–Kier alpha value is -1.83. The van der Waals surface area contributed by atoms with Crippen LogP contribution in [0.5, 0.6) is 0 Å². The second-order valence-electron chi connectivity index (χ2n) is 19.0. The van der Waals surface area contributed by atoms with Gasteiger partial charge in [0.05, 0.1) is 34.4 Å². The molecule has 0 bridgehead atoms. The Balaban J connectivity index is 4.88. The zero-order valence-corrected chi connectivity index (χ0v) is 42.0. The Morgan fingerprint density at radius 2 is 0.658 bits per heavy atom. The van der Waals surface area contributed by atoms with Crippen LogP contribution in [0.2, 0.25) is 0 Å². The monoisotopic (exact) mass is 1200 g/mol. The molecular formula is C42H62F26NO6P. The van der Waals surface area contributed by atoms with Crippen molar-refractivity contribution in [1.82, 2.24) is 0 Å². The molecule has 0 amide bonds. The third kappa shape index (κ3) is 20.0. The highest BCUT2D eigenvalue weighted by molar-refractivity contribution is 7.45. The van der Waals surface area contributed by atoms with Crippen molar-refractivity contribution < 1.29 is 147 Å². The van der Waals surface area contributed by atoms with E-state index < -0.39 is 124 Å². The average Bonchev–Trinajstić information content (AvgIpc) is 3.25. The first-order valence-electron chi connectivity index (χ1n) is 23.5. The smallest absolute Gasteiger partial charge is 0.460 e. The number of rotatable bonds is 42. The summed E-state index contributed by atoms with van der Waals surface area (Å²) in [6.07, 6.45) is -16.8. The first-order chi connectivity index (χ1) is 34.0. The Morgan fingerprint density at radius 3 is 1.01 bits per heavy atom. The average molecular weight is 1200 g/mol. The van der Waals surface area contributed by atoms with Crippen molar-refractivity contribution in [1.29, 1.82) is 0 Å². The minimum Gasteiger partial charge on any atom is -0.756 e. The van der Waals surface area contributed by atoms with E-state index >= 15 is 0 Å². The maximum absolute atomic E-state index is 14.2. The number of hydrogen-bond donors (Lipinski definition) is 0. The van der Waals surface area contributed by atoms with Crippen molar-refractivity contribution >= 4 is 7.82 Å². The van der Waals surface area contributed by atoms with Gasteiger partial charge >= 0.3 is 71.6 Å². The lowest BCUT2D eigenvalue weighted by Crippen LogP contribution is -2.74. The maximum atomic E-state index is 14.2. The van der Waals surface area contributed by atoms with E-state index in [2.05, 4.69) is 0 Å². The highest BCUT2D eigenvalue weighted by Gasteiger charge is 2.95. The van der Waals surface area contributed by atoms with E-state index in [1.165, 1.54) is 0 Å². The molecule has 0 radical (unpaired) electrons. The molecule has 0 aliphatic carbocycles. The fourth-order valence-corrected chi connectivity index (χ4v) is 7.37. The molecule has 0 aliphatic heterocycles. The first kappa shape index (κ1) is 74.2. The fourth-order valence-electron chi connectivity index (χ4n) is 6.64. The van der Waals surface area contributed by atoms with E-state index in [4.69, 9.17) is 18.5 Å². The minimum absolute atomic E-state index is 0.0374. The molecule has 0 spiro atoms. The Morgan fingerprint density at radius 1 is 0.368 bits per heavy atom. The standard InChI is InChI=1S/C42H62F26NO6P/c1-69(2,3)24-27-74-76(70,71)75-29-30(28-72-25-20-16-12-8-4-6-11-15-19-23-32(45,46)34(49,50)39(59,60)41(63,64)65)73-26-21-17-13-9-5-7-10-14-18-22-31(43,44)33(47,48)35(51,52)36(53,54)37(55,56)38(57,58)40(61,62)42(66,67)68/h30H,4-29H2,1-3H3/t30-/m0/s1. The number of unbranched alkanes of at least 4 members (excludes halogenated alkanes) is 16. The summed E-state index contributed by atoms with van der Waals surface area (Å²) < 4.78 is 380. The number of phosphoric ester groups is 1. The summed E-state index contributed by atoms with van der Waals surface area (Å²) in [5, 5.41) is 0. The highest BCUT2D eigenvalue weighted by Crippen LogP contribution is 2.64. The van der Waals surface area contributed by atoms with Gasteiger partial charge in [-0.2, -0.15) is 114 Å². The molecule has 0 rings (SSSR count). The third-order valence-corrected chi connectivity index (χ3v) is 12.5. The van der Waals surface area contributed by atoms with Gasteiger partial charge in [0.15, 0.2) is 0 Å². The van der Waals surface area contributed by atoms with Crippen molar-refractivity contribution in [3.8, 4) is 0 Å². The van der Waals surface area contributed by atoms with E-state index in [0.717, 1.165) is 0 Å². The zero-order valence-electron chi connectivity index (χ0n) is 41.1. The highest BCUT2D eigenvalue weighted by atomic mass is 31.2. The van der Waals surface area contributed by atoms with Gasteiger partial charge in [0.25, 0.3) is 7.82 Å². The number of hydrogen-bond acceptors (Lipinski definition) is 6. The van der Waals surface area contributed by atoms with Gasteiger partial charge in [0.2, 0.25) is 0 Å². The van der Waals surface area contributed by atoms with Gasteiger partial charge in [-0.15, -0.1) is 0 Å². The minimum atomic E-state index is -8.68. The SMILES string of the molecule is C[N+](C)(C)CCOP(=O)([O-])OC[C@H](COCCCCCCCCCCCC(F)(F)C(F)(F)C(F)(F)C(F)(F)F)OCCCCCCCCCCCC(F)(F)C(F)(F)C(F)(F)C(F)(F)C(F)(F)C(F)(F)C(F)(F)C(F)(F)F. The molecule has 0 N–H and O–H groups in total. The number of alkyl halides is 26. The molecule has 2 atom stereocenters. The van der Waals surface area contributed by atoms with Crippen LogP contribution < -0.4 is 4.89 Å². The van der Waals surface area contributed by atoms with Gasteiger partial charge in [-0.1, -0.05) is 89.9 Å². The Kier molecular flexibility index (Phi) is 28.0. The zero-order chi connectivity index (χ0) is 59.8. The number of phosphoric acid groups is 1. The van der Waals surface area contributed by atoms with E-state index in [0.29, 0.717) is 81.7 Å². The predicted molar refractivity (Wildman–Crippen MR) is 217 cm³/mol. The van der Waals surface area contributed by atoms with E-state index in [9.17, 15) is 124 Å². The van der Waals surface area contributed by atoms with Gasteiger partial charge in [0.1, 0.15) is 19.3 Å². The van der Waals surface area contributed by atoms with Crippen LogP contribution >= 0.6 is 7.82 Å². The second-order valence-corrected chi connectivity index (χ2v) is 20.4. The van der Waals surface area contributed by atoms with Crippen LogP contribution in [-0.2, 0) is 23.1 Å². The summed E-state index contributed by atoms with van der Waals surface area (Å²) in [5.41, 5.74) is 0. The van der Waals surface area contributed by atoms with Crippen LogP contribution in [0.15, 0.2) is 0 Å². The topological polar surface area (TPSA) is 77.1 Å². The predicted octanol–water partition coefficient (Wildman–Crippen LogP) is 15.9. The molecule has 458 valence electrons. The number of ether oxygens (including phenoxy) is 2. The molecule has 0 aromatic rings. The molecule has 34 heteroatoms. The molecule has 0 heterocycles. The molecule has 0 aromatic carbocycles. The summed E-state index contributed by atoms with van der Waals surface area (Å²) in [6, 6.07) is 0.